The zero-order valence-corrected chi connectivity index (χ0v) is 13.7. The maximum Gasteiger partial charge on any atom is 0.0676 e. The minimum absolute atomic E-state index is 0.174. The first-order valence-electron chi connectivity index (χ1n) is 7.89. The van der Waals surface area contributed by atoms with Gasteiger partial charge >= 0.3 is 0 Å². The number of likely N-dealkylation sites (tertiary alicyclic amines) is 1. The molecule has 2 N–H and O–H groups in total. The van der Waals surface area contributed by atoms with Crippen LogP contribution >= 0.6 is 0 Å². The number of nitrogens with two attached hydrogens (primary N) is 1. The van der Waals surface area contributed by atoms with E-state index in [9.17, 15) is 0 Å². The maximum absolute atomic E-state index is 6.23. The Morgan fingerprint density at radius 2 is 2.05 bits per heavy atom. The highest BCUT2D eigenvalue weighted by Gasteiger charge is 2.33. The highest BCUT2D eigenvalue weighted by molar-refractivity contribution is 5.30. The predicted octanol–water partition coefficient (Wildman–Crippen LogP) is 2.13. The second kappa shape index (κ2) is 5.82. The zero-order valence-electron chi connectivity index (χ0n) is 13.7. The fraction of sp³-hybridized carbons (Fsp3) is 0.529. The van der Waals surface area contributed by atoms with E-state index < -0.39 is 0 Å². The van der Waals surface area contributed by atoms with Crippen LogP contribution in [0.1, 0.15) is 31.5 Å². The molecule has 118 valence electrons. The van der Waals surface area contributed by atoms with E-state index >= 15 is 0 Å². The fourth-order valence-corrected chi connectivity index (χ4v) is 3.14. The Balaban J connectivity index is 1.75. The summed E-state index contributed by atoms with van der Waals surface area (Å²) in [5.74, 6) is 0. The van der Waals surface area contributed by atoms with Crippen molar-refractivity contribution in [3.8, 4) is 5.69 Å². The van der Waals surface area contributed by atoms with E-state index in [1.165, 1.54) is 5.56 Å². The van der Waals surface area contributed by atoms with Gasteiger partial charge in [-0.15, -0.1) is 0 Å². The van der Waals surface area contributed by atoms with Gasteiger partial charge in [0, 0.05) is 49.8 Å². The zero-order chi connectivity index (χ0) is 15.7. The number of pyridine rings is 1. The summed E-state index contributed by atoms with van der Waals surface area (Å²) in [4.78, 5) is 6.55. The van der Waals surface area contributed by atoms with Crippen molar-refractivity contribution in [1.29, 1.82) is 0 Å². The van der Waals surface area contributed by atoms with Crippen molar-refractivity contribution >= 4 is 0 Å². The molecule has 3 rings (SSSR count). The van der Waals surface area contributed by atoms with E-state index in [1.54, 1.807) is 12.4 Å². The Morgan fingerprint density at radius 3 is 2.73 bits per heavy atom. The van der Waals surface area contributed by atoms with Gasteiger partial charge in [0.2, 0.25) is 0 Å². The molecule has 0 aliphatic carbocycles. The Morgan fingerprint density at radius 1 is 1.32 bits per heavy atom. The molecule has 1 fully saturated rings. The first kappa shape index (κ1) is 15.2. The molecule has 0 spiro atoms. The molecule has 0 saturated carbocycles. The average molecular weight is 299 g/mol. The molecule has 0 amide bonds. The number of rotatable bonds is 3. The summed E-state index contributed by atoms with van der Waals surface area (Å²) in [5.41, 5.74) is 9.82. The van der Waals surface area contributed by atoms with Gasteiger partial charge in [0.15, 0.2) is 0 Å². The van der Waals surface area contributed by atoms with Crippen molar-refractivity contribution in [1.82, 2.24) is 19.7 Å². The number of aromatic nitrogens is 3. The topological polar surface area (TPSA) is 60.0 Å². The second-order valence-corrected chi connectivity index (χ2v) is 6.98. The normalized spacial score (nSPS) is 21.9. The first-order valence-corrected chi connectivity index (χ1v) is 7.89. The van der Waals surface area contributed by atoms with E-state index in [1.807, 2.05) is 16.8 Å². The lowest BCUT2D eigenvalue weighted by molar-refractivity contribution is 0.0897. The summed E-state index contributed by atoms with van der Waals surface area (Å²) in [6.45, 7) is 9.63. The molecular formula is C17H25N5. The fourth-order valence-electron chi connectivity index (χ4n) is 3.14. The van der Waals surface area contributed by atoms with Gasteiger partial charge in [-0.05, 0) is 30.9 Å². The van der Waals surface area contributed by atoms with Gasteiger partial charge in [-0.2, -0.15) is 5.10 Å². The van der Waals surface area contributed by atoms with Gasteiger partial charge in [0.25, 0.3) is 0 Å². The van der Waals surface area contributed by atoms with Crippen molar-refractivity contribution in [2.45, 2.75) is 39.8 Å². The lowest BCUT2D eigenvalue weighted by Gasteiger charge is -2.42. The van der Waals surface area contributed by atoms with E-state index in [-0.39, 0.29) is 5.41 Å². The summed E-state index contributed by atoms with van der Waals surface area (Å²) in [7, 11) is 0. The molecule has 1 aliphatic heterocycles. The highest BCUT2D eigenvalue weighted by Crippen LogP contribution is 2.29. The van der Waals surface area contributed by atoms with E-state index in [2.05, 4.69) is 42.0 Å². The molecule has 2 aromatic heterocycles. The van der Waals surface area contributed by atoms with Crippen molar-refractivity contribution in [3.05, 3.63) is 42.0 Å². The monoisotopic (exact) mass is 299 g/mol. The molecule has 1 unspecified atom stereocenters. The molecule has 0 bridgehead atoms. The largest absolute Gasteiger partial charge is 0.327 e. The van der Waals surface area contributed by atoms with Crippen LogP contribution in [0.5, 0.6) is 0 Å². The Hall–Kier alpha value is -1.72. The van der Waals surface area contributed by atoms with Crippen LogP contribution in [0.2, 0.25) is 0 Å². The minimum atomic E-state index is 0.174. The van der Waals surface area contributed by atoms with Gasteiger partial charge in [0.05, 0.1) is 11.4 Å². The summed E-state index contributed by atoms with van der Waals surface area (Å²) in [5, 5.41) is 4.64. The Bertz CT molecular complexity index is 632. The van der Waals surface area contributed by atoms with Crippen LogP contribution < -0.4 is 5.73 Å². The maximum atomic E-state index is 6.23. The lowest BCUT2D eigenvalue weighted by atomic mass is 9.79. The van der Waals surface area contributed by atoms with Crippen LogP contribution in [-0.4, -0.2) is 38.8 Å². The third-order valence-corrected chi connectivity index (χ3v) is 4.71. The standard InChI is InChI=1S/C17H25N5/c1-13-14(10-21-9-6-16(18)17(2,3)12-21)11-22(20-13)15-4-7-19-8-5-15/h4-5,7-8,11,16H,6,9-10,12,18H2,1-3H3. The van der Waals surface area contributed by atoms with E-state index in [4.69, 9.17) is 5.73 Å². The molecule has 3 heterocycles. The number of hydrogen-bond acceptors (Lipinski definition) is 4. The Kier molecular flexibility index (Phi) is 4.02. The van der Waals surface area contributed by atoms with Gasteiger partial charge in [-0.25, -0.2) is 4.68 Å². The van der Waals surface area contributed by atoms with Crippen molar-refractivity contribution in [2.24, 2.45) is 11.1 Å². The molecule has 0 aromatic carbocycles. The summed E-state index contributed by atoms with van der Waals surface area (Å²) < 4.78 is 1.94. The number of hydrogen-bond donors (Lipinski definition) is 1. The Labute approximate surface area is 132 Å². The SMILES string of the molecule is Cc1nn(-c2ccncc2)cc1CN1CCC(N)C(C)(C)C1. The summed E-state index contributed by atoms with van der Waals surface area (Å²) in [6.07, 6.45) is 6.78. The van der Waals surface area contributed by atoms with E-state index in [0.29, 0.717) is 6.04 Å². The van der Waals surface area contributed by atoms with Gasteiger partial charge in [0.1, 0.15) is 0 Å². The smallest absolute Gasteiger partial charge is 0.0676 e. The van der Waals surface area contributed by atoms with Crippen LogP contribution in [0.15, 0.2) is 30.7 Å². The number of nitrogens with zero attached hydrogens (tertiary/aromatic N) is 4. The van der Waals surface area contributed by atoms with Crippen molar-refractivity contribution < 1.29 is 0 Å². The third kappa shape index (κ3) is 3.05. The molecule has 1 saturated heterocycles. The quantitative estimate of drug-likeness (QED) is 0.943. The second-order valence-electron chi connectivity index (χ2n) is 6.98. The minimum Gasteiger partial charge on any atom is -0.327 e. The predicted molar refractivity (Wildman–Crippen MR) is 87.7 cm³/mol. The van der Waals surface area contributed by atoms with Gasteiger partial charge in [-0.1, -0.05) is 13.8 Å². The van der Waals surface area contributed by atoms with Gasteiger partial charge in [-0.3, -0.25) is 9.88 Å². The molecule has 2 aromatic rings. The van der Waals surface area contributed by atoms with Crippen LogP contribution in [0.3, 0.4) is 0 Å². The van der Waals surface area contributed by atoms with E-state index in [0.717, 1.165) is 37.4 Å². The van der Waals surface area contributed by atoms with Crippen LogP contribution in [-0.2, 0) is 6.54 Å². The van der Waals surface area contributed by atoms with Gasteiger partial charge < -0.3 is 5.73 Å². The number of aryl methyl sites for hydroxylation is 1. The van der Waals surface area contributed by atoms with Crippen molar-refractivity contribution in [2.75, 3.05) is 13.1 Å². The van der Waals surface area contributed by atoms with Crippen LogP contribution in [0.25, 0.3) is 5.69 Å². The van der Waals surface area contributed by atoms with Crippen molar-refractivity contribution in [3.63, 3.8) is 0 Å². The molecule has 0 radical (unpaired) electrons. The molecule has 22 heavy (non-hydrogen) atoms. The molecule has 5 heteroatoms. The number of piperidine rings is 1. The summed E-state index contributed by atoms with van der Waals surface area (Å²) in [6, 6.07) is 4.24. The molecule has 1 atom stereocenters. The van der Waals surface area contributed by atoms with Crippen LogP contribution in [0.4, 0.5) is 0 Å². The lowest BCUT2D eigenvalue weighted by Crippen LogP contribution is -2.52. The molecule has 1 aliphatic rings. The molecule has 5 nitrogen and oxygen atoms in total. The first-order chi connectivity index (χ1) is 10.5. The molecular weight excluding hydrogens is 274 g/mol. The van der Waals surface area contributed by atoms with Crippen LogP contribution in [0, 0.1) is 12.3 Å². The third-order valence-electron chi connectivity index (χ3n) is 4.71. The highest BCUT2D eigenvalue weighted by atomic mass is 15.3. The summed E-state index contributed by atoms with van der Waals surface area (Å²) >= 11 is 0. The average Bonchev–Trinajstić information content (AvgIpc) is 2.85.